The highest BCUT2D eigenvalue weighted by atomic mass is 19.1. The molecule has 2 aromatic rings. The molecule has 1 aliphatic heterocycles. The lowest BCUT2D eigenvalue weighted by atomic mass is 9.90. The number of nitrogens with one attached hydrogen (secondary N) is 1. The van der Waals surface area contributed by atoms with Gasteiger partial charge < -0.3 is 10.1 Å². The zero-order chi connectivity index (χ0) is 16.9. The van der Waals surface area contributed by atoms with Crippen molar-refractivity contribution in [2.75, 3.05) is 6.54 Å². The summed E-state index contributed by atoms with van der Waals surface area (Å²) in [5, 5.41) is 12.2. The second-order valence-electron chi connectivity index (χ2n) is 6.18. The molecule has 3 rings (SSSR count). The van der Waals surface area contributed by atoms with E-state index in [1.807, 2.05) is 18.2 Å². The van der Waals surface area contributed by atoms with Crippen molar-refractivity contribution in [1.29, 1.82) is 5.26 Å². The highest BCUT2D eigenvalue weighted by molar-refractivity contribution is 5.32. The first kappa shape index (κ1) is 16.4. The van der Waals surface area contributed by atoms with Crippen molar-refractivity contribution < 1.29 is 9.13 Å². The first-order chi connectivity index (χ1) is 11.7. The van der Waals surface area contributed by atoms with Gasteiger partial charge in [-0.1, -0.05) is 12.1 Å². The number of hydrogen-bond acceptors (Lipinski definition) is 4. The zero-order valence-electron chi connectivity index (χ0n) is 13.6. The number of hydrogen-bond donors (Lipinski definition) is 1. The van der Waals surface area contributed by atoms with Crippen molar-refractivity contribution in [3.8, 4) is 11.9 Å². The fourth-order valence-corrected chi connectivity index (χ4v) is 3.02. The number of nitriles is 1. The van der Waals surface area contributed by atoms with E-state index in [2.05, 4.69) is 17.2 Å². The number of ether oxygens (including phenoxy) is 1. The Hall–Kier alpha value is -2.45. The summed E-state index contributed by atoms with van der Waals surface area (Å²) in [6, 6.07) is 12.5. The molecular formula is C19H20FN3O. The third-order valence-electron chi connectivity index (χ3n) is 4.34. The Labute approximate surface area is 141 Å². The van der Waals surface area contributed by atoms with Crippen LogP contribution in [0.1, 0.15) is 42.5 Å². The van der Waals surface area contributed by atoms with E-state index >= 15 is 0 Å². The van der Waals surface area contributed by atoms with Crippen LogP contribution in [0, 0.1) is 17.1 Å². The van der Waals surface area contributed by atoms with Crippen LogP contribution in [0.5, 0.6) is 5.88 Å². The second-order valence-corrected chi connectivity index (χ2v) is 6.18. The molecule has 0 amide bonds. The average molecular weight is 325 g/mol. The van der Waals surface area contributed by atoms with E-state index in [-0.39, 0.29) is 6.61 Å². The van der Waals surface area contributed by atoms with Crippen LogP contribution in [-0.4, -0.2) is 17.6 Å². The van der Waals surface area contributed by atoms with Crippen LogP contribution in [0.2, 0.25) is 0 Å². The summed E-state index contributed by atoms with van der Waals surface area (Å²) < 4.78 is 19.5. The molecule has 4 nitrogen and oxygen atoms in total. The molecule has 0 bridgehead atoms. The third kappa shape index (κ3) is 3.90. The molecule has 24 heavy (non-hydrogen) atoms. The van der Waals surface area contributed by atoms with E-state index in [1.165, 1.54) is 6.07 Å². The number of aromatic nitrogens is 1. The Morgan fingerprint density at radius 1 is 1.38 bits per heavy atom. The van der Waals surface area contributed by atoms with Crippen molar-refractivity contribution in [3.05, 3.63) is 59.0 Å². The molecule has 2 atom stereocenters. The quantitative estimate of drug-likeness (QED) is 0.934. The molecule has 0 spiro atoms. The lowest BCUT2D eigenvalue weighted by Gasteiger charge is -2.27. The SMILES string of the molecule is C[C@H]1CC(c2cccc(OCc3ccc(C#N)cc3F)n2)CCN1. The van der Waals surface area contributed by atoms with E-state index in [0.717, 1.165) is 25.1 Å². The summed E-state index contributed by atoms with van der Waals surface area (Å²) >= 11 is 0. The van der Waals surface area contributed by atoms with Gasteiger partial charge in [0.25, 0.3) is 0 Å². The topological polar surface area (TPSA) is 57.9 Å². The van der Waals surface area contributed by atoms with Crippen molar-refractivity contribution in [3.63, 3.8) is 0 Å². The molecule has 0 aliphatic carbocycles. The van der Waals surface area contributed by atoms with Crippen LogP contribution in [-0.2, 0) is 6.61 Å². The van der Waals surface area contributed by atoms with E-state index in [4.69, 9.17) is 10.00 Å². The molecule has 1 aliphatic rings. The van der Waals surface area contributed by atoms with Gasteiger partial charge in [-0.25, -0.2) is 9.37 Å². The van der Waals surface area contributed by atoms with Gasteiger partial charge in [-0.2, -0.15) is 5.26 Å². The fraction of sp³-hybridized carbons (Fsp3) is 0.368. The van der Waals surface area contributed by atoms with E-state index in [9.17, 15) is 4.39 Å². The van der Waals surface area contributed by atoms with Crippen LogP contribution in [0.3, 0.4) is 0 Å². The summed E-state index contributed by atoms with van der Waals surface area (Å²) in [5.74, 6) is 0.497. The lowest BCUT2D eigenvalue weighted by molar-refractivity contribution is 0.285. The lowest BCUT2D eigenvalue weighted by Crippen LogP contribution is -2.35. The largest absolute Gasteiger partial charge is 0.473 e. The van der Waals surface area contributed by atoms with Gasteiger partial charge in [0.15, 0.2) is 0 Å². The molecule has 0 saturated carbocycles. The minimum Gasteiger partial charge on any atom is -0.473 e. The molecule has 124 valence electrons. The van der Waals surface area contributed by atoms with Crippen LogP contribution >= 0.6 is 0 Å². The molecule has 5 heteroatoms. The number of halogens is 1. The van der Waals surface area contributed by atoms with Gasteiger partial charge >= 0.3 is 0 Å². The average Bonchev–Trinajstić information content (AvgIpc) is 2.61. The second kappa shape index (κ2) is 7.41. The van der Waals surface area contributed by atoms with Crippen LogP contribution in [0.15, 0.2) is 36.4 Å². The van der Waals surface area contributed by atoms with Gasteiger partial charge in [0.05, 0.1) is 11.6 Å². The van der Waals surface area contributed by atoms with Gasteiger partial charge in [0, 0.05) is 29.3 Å². The number of nitrogens with zero attached hydrogens (tertiary/aromatic N) is 2. The minimum absolute atomic E-state index is 0.0939. The maximum Gasteiger partial charge on any atom is 0.213 e. The van der Waals surface area contributed by atoms with E-state index in [0.29, 0.717) is 29.0 Å². The van der Waals surface area contributed by atoms with Crippen LogP contribution < -0.4 is 10.1 Å². The summed E-state index contributed by atoms with van der Waals surface area (Å²) in [5.41, 5.74) is 1.74. The molecule has 1 aromatic heterocycles. The monoisotopic (exact) mass is 325 g/mol. The van der Waals surface area contributed by atoms with E-state index < -0.39 is 5.82 Å². The molecule has 1 fully saturated rings. The molecule has 1 saturated heterocycles. The van der Waals surface area contributed by atoms with Crippen LogP contribution in [0.25, 0.3) is 0 Å². The maximum atomic E-state index is 13.9. The van der Waals surface area contributed by atoms with Gasteiger partial charge in [0.1, 0.15) is 12.4 Å². The Morgan fingerprint density at radius 3 is 3.00 bits per heavy atom. The molecule has 1 N–H and O–H groups in total. The fourth-order valence-electron chi connectivity index (χ4n) is 3.02. The number of piperidine rings is 1. The molecule has 0 radical (unpaired) electrons. The van der Waals surface area contributed by atoms with Gasteiger partial charge in [-0.15, -0.1) is 0 Å². The smallest absolute Gasteiger partial charge is 0.213 e. The first-order valence-corrected chi connectivity index (χ1v) is 8.17. The predicted octanol–water partition coefficient (Wildman–Crippen LogP) is 3.53. The van der Waals surface area contributed by atoms with Crippen molar-refractivity contribution in [1.82, 2.24) is 10.3 Å². The molecular weight excluding hydrogens is 305 g/mol. The zero-order valence-corrected chi connectivity index (χ0v) is 13.6. The van der Waals surface area contributed by atoms with Crippen molar-refractivity contribution >= 4 is 0 Å². The van der Waals surface area contributed by atoms with Crippen molar-refractivity contribution in [2.24, 2.45) is 0 Å². The normalized spacial score (nSPS) is 20.4. The van der Waals surface area contributed by atoms with Crippen molar-refractivity contribution in [2.45, 2.75) is 38.3 Å². The molecule has 1 aromatic carbocycles. The number of pyridine rings is 1. The predicted molar refractivity (Wildman–Crippen MR) is 89.1 cm³/mol. The Bertz CT molecular complexity index is 757. The highest BCUT2D eigenvalue weighted by Crippen LogP contribution is 2.27. The summed E-state index contributed by atoms with van der Waals surface area (Å²) in [4.78, 5) is 4.58. The number of rotatable bonds is 4. The minimum atomic E-state index is -0.433. The summed E-state index contributed by atoms with van der Waals surface area (Å²) in [6.07, 6.45) is 2.12. The maximum absolute atomic E-state index is 13.9. The highest BCUT2D eigenvalue weighted by Gasteiger charge is 2.21. The Kier molecular flexibility index (Phi) is 5.07. The Morgan fingerprint density at radius 2 is 2.25 bits per heavy atom. The molecule has 2 heterocycles. The first-order valence-electron chi connectivity index (χ1n) is 8.17. The van der Waals surface area contributed by atoms with Gasteiger partial charge in [-0.05, 0) is 44.5 Å². The molecule has 1 unspecified atom stereocenters. The van der Waals surface area contributed by atoms with E-state index in [1.54, 1.807) is 18.2 Å². The standard InChI is InChI=1S/C19H20FN3O/c1-13-9-15(7-8-22-13)18-3-2-4-19(23-18)24-12-16-6-5-14(11-21)10-17(16)20/h2-6,10,13,15,22H,7-9,12H2,1H3/t13-,15?/m0/s1. The van der Waals surface area contributed by atoms with Gasteiger partial charge in [0.2, 0.25) is 5.88 Å². The number of benzene rings is 1. The summed E-state index contributed by atoms with van der Waals surface area (Å²) in [6.45, 7) is 3.27. The Balaban J connectivity index is 1.68. The van der Waals surface area contributed by atoms with Crippen LogP contribution in [0.4, 0.5) is 4.39 Å². The third-order valence-corrected chi connectivity index (χ3v) is 4.34. The van der Waals surface area contributed by atoms with Gasteiger partial charge in [-0.3, -0.25) is 0 Å². The summed E-state index contributed by atoms with van der Waals surface area (Å²) in [7, 11) is 0.